The van der Waals surface area contributed by atoms with Gasteiger partial charge >= 0.3 is 0 Å². The SMILES string of the molecule is O=C(Cn1cnc2ccc(Cl)cc2c1=O)NCCOc1ccccc1. The van der Waals surface area contributed by atoms with Crippen molar-refractivity contribution in [3.8, 4) is 5.75 Å². The largest absolute Gasteiger partial charge is 0.492 e. The smallest absolute Gasteiger partial charge is 0.261 e. The Balaban J connectivity index is 1.57. The normalized spacial score (nSPS) is 10.6. The molecule has 128 valence electrons. The van der Waals surface area contributed by atoms with Gasteiger partial charge in [0, 0.05) is 5.02 Å². The molecule has 0 fully saturated rings. The third-order valence-corrected chi connectivity index (χ3v) is 3.77. The fraction of sp³-hybridized carbons (Fsp3) is 0.167. The number of hydrogen-bond donors (Lipinski definition) is 1. The van der Waals surface area contributed by atoms with Crippen molar-refractivity contribution in [2.45, 2.75) is 6.54 Å². The number of benzene rings is 2. The van der Waals surface area contributed by atoms with Crippen molar-refractivity contribution in [3.05, 3.63) is 70.2 Å². The van der Waals surface area contributed by atoms with Gasteiger partial charge < -0.3 is 10.1 Å². The maximum atomic E-state index is 12.4. The molecule has 0 aliphatic carbocycles. The van der Waals surface area contributed by atoms with Crippen LogP contribution in [-0.4, -0.2) is 28.6 Å². The van der Waals surface area contributed by atoms with E-state index in [9.17, 15) is 9.59 Å². The molecule has 1 heterocycles. The molecule has 0 saturated heterocycles. The lowest BCUT2D eigenvalue weighted by atomic mass is 10.2. The Morgan fingerprint density at radius 3 is 2.80 bits per heavy atom. The van der Waals surface area contributed by atoms with Gasteiger partial charge in [-0.25, -0.2) is 4.98 Å². The Kier molecular flexibility index (Phi) is 5.30. The minimum atomic E-state index is -0.303. The molecule has 6 nitrogen and oxygen atoms in total. The van der Waals surface area contributed by atoms with E-state index < -0.39 is 0 Å². The van der Waals surface area contributed by atoms with Crippen molar-refractivity contribution in [1.29, 1.82) is 0 Å². The first-order chi connectivity index (χ1) is 12.1. The molecule has 0 atom stereocenters. The summed E-state index contributed by atoms with van der Waals surface area (Å²) in [7, 11) is 0. The fourth-order valence-corrected chi connectivity index (χ4v) is 2.50. The number of carbonyl (C=O) groups is 1. The highest BCUT2D eigenvalue weighted by Crippen LogP contribution is 2.14. The number of hydrogen-bond acceptors (Lipinski definition) is 4. The van der Waals surface area contributed by atoms with Crippen LogP contribution < -0.4 is 15.6 Å². The van der Waals surface area contributed by atoms with Crippen molar-refractivity contribution in [2.75, 3.05) is 13.2 Å². The second-order valence-corrected chi connectivity index (χ2v) is 5.79. The average Bonchev–Trinajstić information content (AvgIpc) is 2.62. The Morgan fingerprint density at radius 2 is 2.00 bits per heavy atom. The lowest BCUT2D eigenvalue weighted by Gasteiger charge is -2.09. The van der Waals surface area contributed by atoms with Gasteiger partial charge in [0.15, 0.2) is 0 Å². The third-order valence-electron chi connectivity index (χ3n) is 3.54. The molecular formula is C18H16ClN3O3. The van der Waals surface area contributed by atoms with E-state index in [-0.39, 0.29) is 18.0 Å². The number of aromatic nitrogens is 2. The summed E-state index contributed by atoms with van der Waals surface area (Å²) in [5.41, 5.74) is 0.241. The van der Waals surface area contributed by atoms with Crippen LogP contribution in [0.25, 0.3) is 10.9 Å². The second-order valence-electron chi connectivity index (χ2n) is 5.35. The molecule has 0 aliphatic heterocycles. The monoisotopic (exact) mass is 357 g/mol. The Bertz CT molecular complexity index is 941. The summed E-state index contributed by atoms with van der Waals surface area (Å²) in [5, 5.41) is 3.55. The van der Waals surface area contributed by atoms with Gasteiger partial charge in [-0.1, -0.05) is 29.8 Å². The summed E-state index contributed by atoms with van der Waals surface area (Å²) in [6, 6.07) is 14.2. The van der Waals surface area contributed by atoms with Gasteiger partial charge in [-0.2, -0.15) is 0 Å². The lowest BCUT2D eigenvalue weighted by Crippen LogP contribution is -2.34. The van der Waals surface area contributed by atoms with E-state index in [2.05, 4.69) is 10.3 Å². The first-order valence-corrected chi connectivity index (χ1v) is 8.10. The minimum absolute atomic E-state index is 0.111. The molecule has 0 saturated carbocycles. The van der Waals surface area contributed by atoms with Crippen molar-refractivity contribution < 1.29 is 9.53 Å². The molecule has 7 heteroatoms. The lowest BCUT2D eigenvalue weighted by molar-refractivity contribution is -0.121. The van der Waals surface area contributed by atoms with E-state index in [1.807, 2.05) is 30.3 Å². The van der Waals surface area contributed by atoms with Crippen LogP contribution in [0.2, 0.25) is 5.02 Å². The minimum Gasteiger partial charge on any atom is -0.492 e. The number of para-hydroxylation sites is 1. The molecule has 0 spiro atoms. The van der Waals surface area contributed by atoms with Crippen molar-refractivity contribution in [2.24, 2.45) is 0 Å². The van der Waals surface area contributed by atoms with Crippen molar-refractivity contribution in [1.82, 2.24) is 14.9 Å². The zero-order valence-electron chi connectivity index (χ0n) is 13.3. The van der Waals surface area contributed by atoms with E-state index in [1.54, 1.807) is 18.2 Å². The first-order valence-electron chi connectivity index (χ1n) is 7.73. The zero-order chi connectivity index (χ0) is 17.6. The van der Waals surface area contributed by atoms with E-state index >= 15 is 0 Å². The molecule has 0 radical (unpaired) electrons. The summed E-state index contributed by atoms with van der Waals surface area (Å²) in [6.45, 7) is 0.575. The summed E-state index contributed by atoms with van der Waals surface area (Å²) >= 11 is 5.91. The van der Waals surface area contributed by atoms with Crippen molar-refractivity contribution >= 4 is 28.4 Å². The molecule has 3 aromatic rings. The first kappa shape index (κ1) is 17.0. The van der Waals surface area contributed by atoms with Crippen LogP contribution in [0.5, 0.6) is 5.75 Å². The number of rotatable bonds is 6. The van der Waals surface area contributed by atoms with Crippen LogP contribution in [0.1, 0.15) is 0 Å². The zero-order valence-corrected chi connectivity index (χ0v) is 14.1. The summed E-state index contributed by atoms with van der Waals surface area (Å²) in [5.74, 6) is 0.450. The van der Waals surface area contributed by atoms with Crippen LogP contribution in [0.4, 0.5) is 0 Å². The standard InChI is InChI=1S/C18H16ClN3O3/c19-13-6-7-16-15(10-13)18(24)22(12-21-16)11-17(23)20-8-9-25-14-4-2-1-3-5-14/h1-7,10,12H,8-9,11H2,(H,20,23). The number of fused-ring (bicyclic) bond motifs is 1. The van der Waals surface area contributed by atoms with E-state index in [1.165, 1.54) is 10.9 Å². The molecule has 0 bridgehead atoms. The number of amides is 1. The summed E-state index contributed by atoms with van der Waals surface area (Å²) in [4.78, 5) is 28.6. The molecule has 0 unspecified atom stereocenters. The summed E-state index contributed by atoms with van der Waals surface area (Å²) < 4.78 is 6.75. The molecule has 3 rings (SSSR count). The van der Waals surface area contributed by atoms with Crippen LogP contribution in [0.3, 0.4) is 0 Å². The van der Waals surface area contributed by atoms with E-state index in [0.717, 1.165) is 5.75 Å². The second kappa shape index (κ2) is 7.81. The third kappa shape index (κ3) is 4.36. The van der Waals surface area contributed by atoms with Gasteiger partial charge in [0.25, 0.3) is 5.56 Å². The number of nitrogens with zero attached hydrogens (tertiary/aromatic N) is 2. The fourth-order valence-electron chi connectivity index (χ4n) is 2.33. The molecular weight excluding hydrogens is 342 g/mol. The van der Waals surface area contributed by atoms with Crippen LogP contribution in [0.15, 0.2) is 59.7 Å². The average molecular weight is 358 g/mol. The molecule has 1 amide bonds. The predicted octanol–water partition coefficient (Wildman–Crippen LogP) is 2.25. The number of halogens is 1. The maximum absolute atomic E-state index is 12.4. The number of ether oxygens (including phenoxy) is 1. The van der Waals surface area contributed by atoms with Crippen molar-refractivity contribution in [3.63, 3.8) is 0 Å². The Labute approximate surface area is 149 Å². The van der Waals surface area contributed by atoms with Crippen LogP contribution >= 0.6 is 11.6 Å². The predicted molar refractivity (Wildman–Crippen MR) is 96.0 cm³/mol. The van der Waals surface area contributed by atoms with Gasteiger partial charge in [-0.15, -0.1) is 0 Å². The molecule has 25 heavy (non-hydrogen) atoms. The topological polar surface area (TPSA) is 73.2 Å². The Hall–Kier alpha value is -2.86. The highest BCUT2D eigenvalue weighted by atomic mass is 35.5. The molecule has 1 aromatic heterocycles. The maximum Gasteiger partial charge on any atom is 0.261 e. The van der Waals surface area contributed by atoms with Crippen LogP contribution in [0, 0.1) is 0 Å². The summed E-state index contributed by atoms with van der Waals surface area (Å²) in [6.07, 6.45) is 1.36. The molecule has 1 N–H and O–H groups in total. The van der Waals surface area contributed by atoms with Gasteiger partial charge in [0.2, 0.25) is 5.91 Å². The van der Waals surface area contributed by atoms with Gasteiger partial charge in [0.1, 0.15) is 18.9 Å². The van der Waals surface area contributed by atoms with Gasteiger partial charge in [0.05, 0.1) is 23.8 Å². The van der Waals surface area contributed by atoms with E-state index in [4.69, 9.17) is 16.3 Å². The number of nitrogens with one attached hydrogen (secondary N) is 1. The Morgan fingerprint density at radius 1 is 1.20 bits per heavy atom. The highest BCUT2D eigenvalue weighted by Gasteiger charge is 2.08. The molecule has 2 aromatic carbocycles. The highest BCUT2D eigenvalue weighted by molar-refractivity contribution is 6.31. The molecule has 0 aliphatic rings. The van der Waals surface area contributed by atoms with E-state index in [0.29, 0.717) is 29.1 Å². The van der Waals surface area contributed by atoms with Gasteiger partial charge in [-0.3, -0.25) is 14.2 Å². The quantitative estimate of drug-likeness (QED) is 0.687. The number of carbonyl (C=O) groups excluding carboxylic acids is 1. The van der Waals surface area contributed by atoms with Crippen LogP contribution in [-0.2, 0) is 11.3 Å². The van der Waals surface area contributed by atoms with Gasteiger partial charge in [-0.05, 0) is 30.3 Å².